The SMILES string of the molecule is CCC[C@H](CCCNC(C)=O)c1nc(-c2cc3cccc(O)c3[nH]2)c2c(N=N)ncnn12. The van der Waals surface area contributed by atoms with E-state index in [1.165, 1.54) is 13.3 Å². The number of nitrogens with zero attached hydrogens (tertiary/aromatic N) is 5. The van der Waals surface area contributed by atoms with E-state index in [1.807, 2.05) is 12.1 Å². The first-order chi connectivity index (χ1) is 15.5. The fourth-order valence-electron chi connectivity index (χ4n) is 4.11. The zero-order valence-electron chi connectivity index (χ0n) is 18.1. The molecule has 1 aromatic carbocycles. The number of carbonyl (C=O) groups is 1. The monoisotopic (exact) mass is 434 g/mol. The third-order valence-corrected chi connectivity index (χ3v) is 5.54. The van der Waals surface area contributed by atoms with Gasteiger partial charge in [0.15, 0.2) is 0 Å². The van der Waals surface area contributed by atoms with Gasteiger partial charge in [0.05, 0.1) is 11.2 Å². The summed E-state index contributed by atoms with van der Waals surface area (Å²) in [6, 6.07) is 7.22. The summed E-state index contributed by atoms with van der Waals surface area (Å²) >= 11 is 0. The summed E-state index contributed by atoms with van der Waals surface area (Å²) in [6.07, 6.45) is 4.90. The number of fused-ring (bicyclic) bond motifs is 2. The Morgan fingerprint density at radius 2 is 2.22 bits per heavy atom. The van der Waals surface area contributed by atoms with E-state index in [0.717, 1.165) is 36.9 Å². The molecule has 10 heteroatoms. The van der Waals surface area contributed by atoms with Crippen molar-refractivity contribution in [2.24, 2.45) is 5.11 Å². The standard InChI is InChI=1S/C22H26N8O2/c1-3-6-14(8-5-10-24-13(2)31)22-28-19(20-21(29-23)25-12-26-30(20)22)16-11-15-7-4-9-17(32)18(15)27-16/h4,7,9,11-12,14,23,27,32H,3,5-6,8,10H2,1-2H3,(H,24,31)/t14-/m1/s1. The number of aromatic hydroxyl groups is 1. The van der Waals surface area contributed by atoms with Crippen LogP contribution in [0.3, 0.4) is 0 Å². The van der Waals surface area contributed by atoms with Crippen LogP contribution < -0.4 is 5.32 Å². The number of phenolic OH excluding ortho intramolecular Hbond substituents is 1. The van der Waals surface area contributed by atoms with Crippen molar-refractivity contribution in [2.45, 2.75) is 45.4 Å². The molecule has 0 aliphatic heterocycles. The van der Waals surface area contributed by atoms with Gasteiger partial charge < -0.3 is 15.4 Å². The molecule has 1 amide bonds. The van der Waals surface area contributed by atoms with Crippen LogP contribution in [0.2, 0.25) is 0 Å². The largest absolute Gasteiger partial charge is 0.506 e. The van der Waals surface area contributed by atoms with Crippen LogP contribution in [0, 0.1) is 5.53 Å². The second-order valence-electron chi connectivity index (χ2n) is 7.81. The van der Waals surface area contributed by atoms with E-state index in [0.29, 0.717) is 29.0 Å². The molecular weight excluding hydrogens is 408 g/mol. The zero-order valence-corrected chi connectivity index (χ0v) is 18.1. The number of nitrogens with one attached hydrogen (secondary N) is 3. The Hall–Kier alpha value is -3.82. The van der Waals surface area contributed by atoms with Gasteiger partial charge in [-0.3, -0.25) is 4.79 Å². The summed E-state index contributed by atoms with van der Waals surface area (Å²) < 4.78 is 1.72. The van der Waals surface area contributed by atoms with Crippen molar-refractivity contribution >= 4 is 28.1 Å². The maximum atomic E-state index is 11.2. The molecule has 0 aliphatic carbocycles. The Labute approximate surface area is 184 Å². The summed E-state index contributed by atoms with van der Waals surface area (Å²) in [7, 11) is 0. The van der Waals surface area contributed by atoms with Crippen LogP contribution in [-0.2, 0) is 4.79 Å². The van der Waals surface area contributed by atoms with E-state index in [1.54, 1.807) is 16.6 Å². The minimum atomic E-state index is -0.0397. The van der Waals surface area contributed by atoms with Crippen LogP contribution in [0.5, 0.6) is 5.75 Å². The van der Waals surface area contributed by atoms with Gasteiger partial charge in [0, 0.05) is 24.8 Å². The van der Waals surface area contributed by atoms with Gasteiger partial charge >= 0.3 is 0 Å². The van der Waals surface area contributed by atoms with Gasteiger partial charge in [0.2, 0.25) is 11.7 Å². The Kier molecular flexibility index (Phi) is 6.11. The number of carbonyl (C=O) groups excluding carboxylic acids is 1. The van der Waals surface area contributed by atoms with Crippen LogP contribution in [-0.4, -0.2) is 42.1 Å². The molecule has 166 valence electrons. The molecule has 32 heavy (non-hydrogen) atoms. The molecule has 1 atom stereocenters. The third-order valence-electron chi connectivity index (χ3n) is 5.54. The summed E-state index contributed by atoms with van der Waals surface area (Å²) in [6.45, 7) is 4.24. The Morgan fingerprint density at radius 3 is 2.94 bits per heavy atom. The quantitative estimate of drug-likeness (QED) is 0.227. The Bertz CT molecular complexity index is 1280. The maximum Gasteiger partial charge on any atom is 0.216 e. The van der Waals surface area contributed by atoms with Gasteiger partial charge in [0.25, 0.3) is 0 Å². The van der Waals surface area contributed by atoms with E-state index in [4.69, 9.17) is 10.5 Å². The molecule has 3 aromatic heterocycles. The second kappa shape index (κ2) is 9.13. The number of hydrogen-bond donors (Lipinski definition) is 4. The Balaban J connectivity index is 1.82. The second-order valence-corrected chi connectivity index (χ2v) is 7.81. The molecule has 0 fully saturated rings. The van der Waals surface area contributed by atoms with Gasteiger partial charge in [-0.2, -0.15) is 5.10 Å². The Morgan fingerprint density at radius 1 is 1.38 bits per heavy atom. The first-order valence-electron chi connectivity index (χ1n) is 10.7. The van der Waals surface area contributed by atoms with E-state index >= 15 is 0 Å². The summed E-state index contributed by atoms with van der Waals surface area (Å²) in [5, 5.41) is 21.9. The lowest BCUT2D eigenvalue weighted by Gasteiger charge is -2.14. The molecule has 3 heterocycles. The number of aromatic nitrogens is 5. The average Bonchev–Trinajstić information content (AvgIpc) is 3.38. The highest BCUT2D eigenvalue weighted by molar-refractivity contribution is 5.93. The lowest BCUT2D eigenvalue weighted by atomic mass is 9.97. The average molecular weight is 435 g/mol. The van der Waals surface area contributed by atoms with Crippen molar-refractivity contribution < 1.29 is 9.90 Å². The van der Waals surface area contributed by atoms with Crippen molar-refractivity contribution in [3.63, 3.8) is 0 Å². The van der Waals surface area contributed by atoms with Crippen molar-refractivity contribution in [1.82, 2.24) is 29.9 Å². The van der Waals surface area contributed by atoms with Crippen LogP contribution in [0.25, 0.3) is 27.8 Å². The van der Waals surface area contributed by atoms with Gasteiger partial charge in [-0.05, 0) is 31.4 Å². The molecule has 0 aliphatic rings. The van der Waals surface area contributed by atoms with E-state index < -0.39 is 0 Å². The van der Waals surface area contributed by atoms with Crippen LogP contribution in [0.1, 0.15) is 51.3 Å². The molecule has 0 unspecified atom stereocenters. The minimum Gasteiger partial charge on any atom is -0.506 e. The number of rotatable bonds is 9. The summed E-state index contributed by atoms with van der Waals surface area (Å²) in [5.41, 5.74) is 10.0. The van der Waals surface area contributed by atoms with Crippen LogP contribution in [0.4, 0.5) is 5.82 Å². The highest BCUT2D eigenvalue weighted by Gasteiger charge is 2.24. The number of benzene rings is 1. The molecule has 0 saturated heterocycles. The predicted molar refractivity (Wildman–Crippen MR) is 120 cm³/mol. The van der Waals surface area contributed by atoms with Crippen LogP contribution >= 0.6 is 0 Å². The normalized spacial score (nSPS) is 12.3. The molecule has 0 radical (unpaired) electrons. The molecule has 4 N–H and O–H groups in total. The minimum absolute atomic E-state index is 0.0397. The lowest BCUT2D eigenvalue weighted by molar-refractivity contribution is -0.118. The number of hydrogen-bond acceptors (Lipinski definition) is 7. The maximum absolute atomic E-state index is 11.2. The molecule has 0 saturated carbocycles. The predicted octanol–water partition coefficient (Wildman–Crippen LogP) is 4.44. The molecule has 4 aromatic rings. The first kappa shape index (κ1) is 21.4. The van der Waals surface area contributed by atoms with Crippen molar-refractivity contribution in [2.75, 3.05) is 6.54 Å². The number of para-hydroxylation sites is 1. The molecule has 10 nitrogen and oxygen atoms in total. The summed E-state index contributed by atoms with van der Waals surface area (Å²) in [5.74, 6) is 1.23. The molecular formula is C22H26N8O2. The van der Waals surface area contributed by atoms with E-state index in [2.05, 4.69) is 32.4 Å². The van der Waals surface area contributed by atoms with Crippen LogP contribution in [0.15, 0.2) is 35.7 Å². The molecule has 4 rings (SSSR count). The first-order valence-corrected chi connectivity index (χ1v) is 10.7. The number of phenols is 1. The lowest BCUT2D eigenvalue weighted by Crippen LogP contribution is -2.21. The highest BCUT2D eigenvalue weighted by atomic mass is 16.3. The summed E-state index contributed by atoms with van der Waals surface area (Å²) in [4.78, 5) is 23.5. The molecule has 0 bridgehead atoms. The third kappa shape index (κ3) is 4.03. The molecule has 0 spiro atoms. The number of H-pyrrole nitrogens is 1. The fourth-order valence-corrected chi connectivity index (χ4v) is 4.11. The number of amides is 1. The van der Waals surface area contributed by atoms with Crippen molar-refractivity contribution in [1.29, 1.82) is 5.53 Å². The fraction of sp³-hybridized carbons (Fsp3) is 0.364. The number of aromatic amines is 1. The zero-order chi connectivity index (χ0) is 22.7. The van der Waals surface area contributed by atoms with Gasteiger partial charge in [-0.15, -0.1) is 5.11 Å². The van der Waals surface area contributed by atoms with E-state index in [-0.39, 0.29) is 23.4 Å². The van der Waals surface area contributed by atoms with Gasteiger partial charge in [-0.1, -0.05) is 25.5 Å². The van der Waals surface area contributed by atoms with Gasteiger partial charge in [0.1, 0.15) is 29.1 Å². The smallest absolute Gasteiger partial charge is 0.216 e. The highest BCUT2D eigenvalue weighted by Crippen LogP contribution is 2.36. The van der Waals surface area contributed by atoms with Gasteiger partial charge in [-0.25, -0.2) is 20.0 Å². The van der Waals surface area contributed by atoms with Crippen molar-refractivity contribution in [3.8, 4) is 17.1 Å². The van der Waals surface area contributed by atoms with Crippen molar-refractivity contribution in [3.05, 3.63) is 36.4 Å². The number of imidazole rings is 1. The topological polar surface area (TPSA) is 144 Å². The van der Waals surface area contributed by atoms with E-state index in [9.17, 15) is 9.90 Å².